The number of hydrogen-bond acceptors (Lipinski definition) is 4. The van der Waals surface area contributed by atoms with Crippen LogP contribution in [0.1, 0.15) is 0 Å². The lowest BCUT2D eigenvalue weighted by atomic mass is 10.1. The minimum Gasteiger partial charge on any atom is -0.399 e. The zero-order valence-electron chi connectivity index (χ0n) is 10.0. The van der Waals surface area contributed by atoms with E-state index in [1.165, 1.54) is 4.68 Å². The summed E-state index contributed by atoms with van der Waals surface area (Å²) in [5.41, 5.74) is 12.9. The van der Waals surface area contributed by atoms with Gasteiger partial charge in [-0.1, -0.05) is 12.1 Å². The standard InChI is InChI=1S/C12H13N5O2/c13-10-3-1-8(2-4-10)9-5-15-17(6-9)7-11(18)16-12(14)19/h1-6H,7,13H2,(H3,14,16,18,19). The molecule has 1 heterocycles. The lowest BCUT2D eigenvalue weighted by Crippen LogP contribution is -2.37. The third-order valence-corrected chi connectivity index (χ3v) is 2.45. The van der Waals surface area contributed by atoms with Crippen LogP contribution in [0.25, 0.3) is 11.1 Å². The summed E-state index contributed by atoms with van der Waals surface area (Å²) in [6, 6.07) is 6.41. The van der Waals surface area contributed by atoms with Gasteiger partial charge in [-0.3, -0.25) is 14.8 Å². The minimum atomic E-state index is -0.879. The van der Waals surface area contributed by atoms with Crippen molar-refractivity contribution in [3.8, 4) is 11.1 Å². The molecule has 0 aliphatic rings. The van der Waals surface area contributed by atoms with Gasteiger partial charge in [0.1, 0.15) is 6.54 Å². The number of urea groups is 1. The molecule has 0 unspecified atom stereocenters. The van der Waals surface area contributed by atoms with Crippen molar-refractivity contribution in [2.75, 3.05) is 5.73 Å². The fraction of sp³-hybridized carbons (Fsp3) is 0.0833. The van der Waals surface area contributed by atoms with E-state index in [-0.39, 0.29) is 6.54 Å². The number of aromatic nitrogens is 2. The van der Waals surface area contributed by atoms with E-state index in [2.05, 4.69) is 5.10 Å². The number of hydrogen-bond donors (Lipinski definition) is 3. The van der Waals surface area contributed by atoms with Gasteiger partial charge in [0.25, 0.3) is 0 Å². The number of carbonyl (C=O) groups excluding carboxylic acids is 2. The first kappa shape index (κ1) is 12.6. The summed E-state index contributed by atoms with van der Waals surface area (Å²) in [4.78, 5) is 21.8. The number of nitrogens with one attached hydrogen (secondary N) is 1. The predicted molar refractivity (Wildman–Crippen MR) is 69.8 cm³/mol. The molecule has 19 heavy (non-hydrogen) atoms. The van der Waals surface area contributed by atoms with Gasteiger partial charge in [-0.2, -0.15) is 5.10 Å². The van der Waals surface area contributed by atoms with Gasteiger partial charge in [0.2, 0.25) is 5.91 Å². The molecule has 0 saturated carbocycles. The van der Waals surface area contributed by atoms with Gasteiger partial charge in [-0.15, -0.1) is 0 Å². The molecule has 2 aromatic rings. The van der Waals surface area contributed by atoms with E-state index in [9.17, 15) is 9.59 Å². The number of primary amides is 1. The van der Waals surface area contributed by atoms with Crippen LogP contribution in [-0.2, 0) is 11.3 Å². The van der Waals surface area contributed by atoms with E-state index < -0.39 is 11.9 Å². The summed E-state index contributed by atoms with van der Waals surface area (Å²) < 4.78 is 1.42. The molecule has 0 atom stereocenters. The Bertz CT molecular complexity index is 603. The smallest absolute Gasteiger partial charge is 0.318 e. The molecule has 0 radical (unpaired) electrons. The van der Waals surface area contributed by atoms with Gasteiger partial charge >= 0.3 is 6.03 Å². The number of anilines is 1. The summed E-state index contributed by atoms with van der Waals surface area (Å²) in [7, 11) is 0. The van der Waals surface area contributed by atoms with Crippen LogP contribution in [0.5, 0.6) is 0 Å². The Balaban J connectivity index is 2.09. The number of amides is 3. The first-order valence-electron chi connectivity index (χ1n) is 5.52. The maximum Gasteiger partial charge on any atom is 0.318 e. The number of benzene rings is 1. The molecular formula is C12H13N5O2. The average Bonchev–Trinajstić information content (AvgIpc) is 2.77. The van der Waals surface area contributed by atoms with Crippen LogP contribution in [-0.4, -0.2) is 21.7 Å². The van der Waals surface area contributed by atoms with Crippen LogP contribution in [0.4, 0.5) is 10.5 Å². The lowest BCUT2D eigenvalue weighted by molar-refractivity contribution is -0.120. The number of nitrogen functional groups attached to an aromatic ring is 1. The molecule has 0 aliphatic heterocycles. The molecular weight excluding hydrogens is 246 g/mol. The van der Waals surface area contributed by atoms with Gasteiger partial charge in [-0.05, 0) is 17.7 Å². The van der Waals surface area contributed by atoms with E-state index in [4.69, 9.17) is 11.5 Å². The monoisotopic (exact) mass is 259 g/mol. The zero-order chi connectivity index (χ0) is 13.8. The van der Waals surface area contributed by atoms with Crippen LogP contribution >= 0.6 is 0 Å². The Morgan fingerprint density at radius 1 is 1.21 bits per heavy atom. The quantitative estimate of drug-likeness (QED) is 0.688. The van der Waals surface area contributed by atoms with E-state index in [1.54, 1.807) is 24.5 Å². The van der Waals surface area contributed by atoms with E-state index in [1.807, 2.05) is 17.4 Å². The van der Waals surface area contributed by atoms with Crippen molar-refractivity contribution in [1.29, 1.82) is 0 Å². The van der Waals surface area contributed by atoms with Crippen molar-refractivity contribution in [3.05, 3.63) is 36.7 Å². The van der Waals surface area contributed by atoms with Gasteiger partial charge in [-0.25, -0.2) is 4.79 Å². The van der Waals surface area contributed by atoms with Crippen molar-refractivity contribution in [2.24, 2.45) is 5.73 Å². The second kappa shape index (κ2) is 5.21. The Morgan fingerprint density at radius 2 is 1.89 bits per heavy atom. The van der Waals surface area contributed by atoms with Crippen LogP contribution in [0.2, 0.25) is 0 Å². The molecule has 5 N–H and O–H groups in total. The highest BCUT2D eigenvalue weighted by molar-refractivity contribution is 5.93. The summed E-state index contributed by atoms with van der Waals surface area (Å²) in [5, 5.41) is 6.01. The van der Waals surface area contributed by atoms with Crippen molar-refractivity contribution in [2.45, 2.75) is 6.54 Å². The molecule has 98 valence electrons. The maximum absolute atomic E-state index is 11.3. The van der Waals surface area contributed by atoms with Crippen molar-refractivity contribution < 1.29 is 9.59 Å². The number of nitrogens with zero attached hydrogens (tertiary/aromatic N) is 2. The Kier molecular flexibility index (Phi) is 3.46. The normalized spacial score (nSPS) is 10.1. The molecule has 7 heteroatoms. The lowest BCUT2D eigenvalue weighted by Gasteiger charge is -2.00. The number of imide groups is 1. The SMILES string of the molecule is NC(=O)NC(=O)Cn1cc(-c2ccc(N)cc2)cn1. The van der Waals surface area contributed by atoms with Crippen LogP contribution in [0, 0.1) is 0 Å². The largest absolute Gasteiger partial charge is 0.399 e. The highest BCUT2D eigenvalue weighted by Crippen LogP contribution is 2.19. The molecule has 2 rings (SSSR count). The van der Waals surface area contributed by atoms with Crippen molar-refractivity contribution >= 4 is 17.6 Å². The van der Waals surface area contributed by atoms with Gasteiger partial charge in [0, 0.05) is 17.4 Å². The maximum atomic E-state index is 11.3. The van der Waals surface area contributed by atoms with E-state index in [0.29, 0.717) is 5.69 Å². The molecule has 0 aliphatic carbocycles. The molecule has 7 nitrogen and oxygen atoms in total. The molecule has 0 fully saturated rings. The fourth-order valence-electron chi connectivity index (χ4n) is 1.60. The molecule has 0 bridgehead atoms. The predicted octanol–water partition coefficient (Wildman–Crippen LogP) is 0.327. The van der Waals surface area contributed by atoms with Crippen molar-refractivity contribution in [3.63, 3.8) is 0 Å². The van der Waals surface area contributed by atoms with Crippen molar-refractivity contribution in [1.82, 2.24) is 15.1 Å². The second-order valence-electron chi connectivity index (χ2n) is 3.96. The first-order valence-corrected chi connectivity index (χ1v) is 5.52. The number of carbonyl (C=O) groups is 2. The topological polar surface area (TPSA) is 116 Å². The number of nitrogens with two attached hydrogens (primary N) is 2. The summed E-state index contributed by atoms with van der Waals surface area (Å²) in [6.07, 6.45) is 3.33. The van der Waals surface area contributed by atoms with Gasteiger partial charge in [0.15, 0.2) is 0 Å². The Hall–Kier alpha value is -2.83. The average molecular weight is 259 g/mol. The molecule has 0 saturated heterocycles. The third kappa shape index (κ3) is 3.32. The third-order valence-electron chi connectivity index (χ3n) is 2.45. The van der Waals surface area contributed by atoms with Crippen LogP contribution in [0.3, 0.4) is 0 Å². The molecule has 3 amide bonds. The molecule has 1 aromatic heterocycles. The number of rotatable bonds is 3. The molecule has 1 aromatic carbocycles. The van der Waals surface area contributed by atoms with Gasteiger partial charge in [0.05, 0.1) is 6.20 Å². The Morgan fingerprint density at radius 3 is 2.53 bits per heavy atom. The van der Waals surface area contributed by atoms with E-state index >= 15 is 0 Å². The fourth-order valence-corrected chi connectivity index (χ4v) is 1.60. The first-order chi connectivity index (χ1) is 9.04. The summed E-state index contributed by atoms with van der Waals surface area (Å²) in [5.74, 6) is -0.514. The Labute approximate surface area is 109 Å². The zero-order valence-corrected chi connectivity index (χ0v) is 10.0. The molecule has 0 spiro atoms. The summed E-state index contributed by atoms with van der Waals surface area (Å²) in [6.45, 7) is -0.0715. The highest BCUT2D eigenvalue weighted by atomic mass is 16.2. The van der Waals surface area contributed by atoms with E-state index in [0.717, 1.165) is 11.1 Å². The van der Waals surface area contributed by atoms with Crippen LogP contribution in [0.15, 0.2) is 36.7 Å². The summed E-state index contributed by atoms with van der Waals surface area (Å²) >= 11 is 0. The minimum absolute atomic E-state index is 0.0715. The second-order valence-corrected chi connectivity index (χ2v) is 3.96. The van der Waals surface area contributed by atoms with Gasteiger partial charge < -0.3 is 11.5 Å². The van der Waals surface area contributed by atoms with Crippen LogP contribution < -0.4 is 16.8 Å². The highest BCUT2D eigenvalue weighted by Gasteiger charge is 2.07.